The normalized spacial score (nSPS) is 20.2. The number of nitrogens with one attached hydrogen (secondary N) is 1. The summed E-state index contributed by atoms with van der Waals surface area (Å²) in [5.74, 6) is -3.24. The Kier molecular flexibility index (Phi) is 5.06. The summed E-state index contributed by atoms with van der Waals surface area (Å²) < 4.78 is 0.753. The summed E-state index contributed by atoms with van der Waals surface area (Å²) in [6.45, 7) is 1.02. The molecule has 1 fully saturated rings. The zero-order valence-electron chi connectivity index (χ0n) is 12.5. The summed E-state index contributed by atoms with van der Waals surface area (Å²) >= 11 is 3.37. The first-order valence-electron chi connectivity index (χ1n) is 7.03. The highest BCUT2D eigenvalue weighted by Crippen LogP contribution is 2.31. The number of hydrogen-bond donors (Lipinski definition) is 3. The third-order valence-corrected chi connectivity index (χ3v) is 4.40. The van der Waals surface area contributed by atoms with E-state index >= 15 is 0 Å². The van der Waals surface area contributed by atoms with Crippen LogP contribution in [0, 0.1) is 5.92 Å². The Morgan fingerprint density at radius 2 is 2.09 bits per heavy atom. The number of hydrogen-bond acceptors (Lipinski definition) is 4. The van der Waals surface area contributed by atoms with Crippen LogP contribution in [0.5, 0.6) is 0 Å². The Hall–Kier alpha value is -1.93. The number of benzene rings is 1. The minimum atomic E-state index is -2.07. The number of carboxylic acid groups (broad SMARTS) is 1. The highest BCUT2D eigenvalue weighted by atomic mass is 79.9. The maximum atomic E-state index is 12.4. The first-order chi connectivity index (χ1) is 10.7. The number of carbonyl (C=O) groups excluding carboxylic acids is 2. The van der Waals surface area contributed by atoms with Crippen molar-refractivity contribution in [2.75, 3.05) is 18.0 Å². The summed E-state index contributed by atoms with van der Waals surface area (Å²) in [5, 5.41) is 20.7. The van der Waals surface area contributed by atoms with Gasteiger partial charge in [0, 0.05) is 11.0 Å². The van der Waals surface area contributed by atoms with Gasteiger partial charge in [0.25, 0.3) is 0 Å². The lowest BCUT2D eigenvalue weighted by Crippen LogP contribution is -2.48. The molecular formula is C15H17BrN2O5. The molecule has 23 heavy (non-hydrogen) atoms. The van der Waals surface area contributed by atoms with Crippen LogP contribution in [0.2, 0.25) is 0 Å². The molecule has 8 heteroatoms. The first-order valence-corrected chi connectivity index (χ1v) is 7.83. The predicted molar refractivity (Wildman–Crippen MR) is 85.9 cm³/mol. The smallest absolute Gasteiger partial charge is 0.337 e. The molecule has 0 bridgehead atoms. The molecule has 2 unspecified atom stereocenters. The average molecular weight is 385 g/mol. The Morgan fingerprint density at radius 3 is 2.70 bits per heavy atom. The molecule has 2 rings (SSSR count). The largest absolute Gasteiger partial charge is 0.479 e. The van der Waals surface area contributed by atoms with Gasteiger partial charge >= 0.3 is 5.97 Å². The SMILES string of the molecule is CC(O)(CNC(=O)C1CCN(c2ccccc2Br)C1=O)C(=O)O. The van der Waals surface area contributed by atoms with E-state index in [2.05, 4.69) is 21.2 Å². The van der Waals surface area contributed by atoms with E-state index in [1.165, 1.54) is 4.90 Å². The van der Waals surface area contributed by atoms with Crippen molar-refractivity contribution in [3.8, 4) is 0 Å². The highest BCUT2D eigenvalue weighted by molar-refractivity contribution is 9.10. The van der Waals surface area contributed by atoms with Crippen molar-refractivity contribution in [2.45, 2.75) is 18.9 Å². The first kappa shape index (κ1) is 17.4. The number of anilines is 1. The molecule has 124 valence electrons. The zero-order chi connectivity index (χ0) is 17.2. The van der Waals surface area contributed by atoms with Crippen molar-refractivity contribution in [1.82, 2.24) is 5.32 Å². The molecule has 3 N–H and O–H groups in total. The zero-order valence-corrected chi connectivity index (χ0v) is 14.0. The number of rotatable bonds is 5. The van der Waals surface area contributed by atoms with Crippen LogP contribution in [-0.2, 0) is 14.4 Å². The fraction of sp³-hybridized carbons (Fsp3) is 0.400. The van der Waals surface area contributed by atoms with Crippen molar-refractivity contribution < 1.29 is 24.6 Å². The van der Waals surface area contributed by atoms with Crippen LogP contribution in [0.4, 0.5) is 5.69 Å². The van der Waals surface area contributed by atoms with Gasteiger partial charge in [0.05, 0.1) is 12.2 Å². The van der Waals surface area contributed by atoms with E-state index in [1.807, 2.05) is 6.07 Å². The lowest BCUT2D eigenvalue weighted by Gasteiger charge is -2.20. The van der Waals surface area contributed by atoms with Gasteiger partial charge in [0.15, 0.2) is 5.60 Å². The van der Waals surface area contributed by atoms with Gasteiger partial charge in [-0.15, -0.1) is 0 Å². The summed E-state index contributed by atoms with van der Waals surface area (Å²) in [5.41, 5.74) is -1.38. The monoisotopic (exact) mass is 384 g/mol. The fourth-order valence-electron chi connectivity index (χ4n) is 2.29. The molecule has 2 atom stereocenters. The van der Waals surface area contributed by atoms with Crippen LogP contribution in [0.25, 0.3) is 0 Å². The summed E-state index contributed by atoms with van der Waals surface area (Å²) in [4.78, 5) is 36.9. The van der Waals surface area contributed by atoms with E-state index in [0.717, 1.165) is 11.4 Å². The molecule has 1 heterocycles. The number of aliphatic carboxylic acids is 1. The standard InChI is InChI=1S/C15H17BrN2O5/c1-15(23,14(21)22)8-17-12(19)9-6-7-18(13(9)20)11-5-3-2-4-10(11)16/h2-5,9,23H,6-8H2,1H3,(H,17,19)(H,21,22). The molecular weight excluding hydrogens is 368 g/mol. The molecule has 0 saturated carbocycles. The minimum absolute atomic E-state index is 0.335. The number of halogens is 1. The average Bonchev–Trinajstić information content (AvgIpc) is 2.87. The number of nitrogens with zero attached hydrogens (tertiary/aromatic N) is 1. The van der Waals surface area contributed by atoms with E-state index in [1.54, 1.807) is 18.2 Å². The van der Waals surface area contributed by atoms with Crippen molar-refractivity contribution in [2.24, 2.45) is 5.92 Å². The Morgan fingerprint density at radius 1 is 1.43 bits per heavy atom. The molecule has 0 spiro atoms. The quantitative estimate of drug-likeness (QED) is 0.649. The van der Waals surface area contributed by atoms with Gasteiger partial charge in [-0.3, -0.25) is 9.59 Å². The maximum Gasteiger partial charge on any atom is 0.337 e. The predicted octanol–water partition coefficient (Wildman–Crippen LogP) is 0.754. The second kappa shape index (κ2) is 6.67. The van der Waals surface area contributed by atoms with Gasteiger partial charge in [-0.05, 0) is 41.4 Å². The van der Waals surface area contributed by atoms with Crippen molar-refractivity contribution in [3.05, 3.63) is 28.7 Å². The third kappa shape index (κ3) is 3.70. The second-order valence-electron chi connectivity index (χ2n) is 5.58. The van der Waals surface area contributed by atoms with Gasteiger partial charge in [0.1, 0.15) is 5.92 Å². The molecule has 2 amide bonds. The molecule has 1 aromatic rings. The summed E-state index contributed by atoms with van der Waals surface area (Å²) in [6.07, 6.45) is 0.335. The van der Waals surface area contributed by atoms with Crippen LogP contribution in [0.1, 0.15) is 13.3 Å². The van der Waals surface area contributed by atoms with Gasteiger partial charge in [-0.25, -0.2) is 4.79 Å². The van der Waals surface area contributed by atoms with E-state index in [0.29, 0.717) is 18.7 Å². The lowest BCUT2D eigenvalue weighted by atomic mass is 10.1. The summed E-state index contributed by atoms with van der Waals surface area (Å²) in [6, 6.07) is 7.20. The Balaban J connectivity index is 2.03. The minimum Gasteiger partial charge on any atom is -0.479 e. The van der Waals surface area contributed by atoms with Gasteiger partial charge in [-0.1, -0.05) is 12.1 Å². The number of para-hydroxylation sites is 1. The van der Waals surface area contributed by atoms with Crippen LogP contribution in [0.15, 0.2) is 28.7 Å². The van der Waals surface area contributed by atoms with Crippen molar-refractivity contribution in [1.29, 1.82) is 0 Å². The Bertz CT molecular complexity index is 647. The van der Waals surface area contributed by atoms with E-state index in [9.17, 15) is 19.5 Å². The van der Waals surface area contributed by atoms with Gasteiger partial charge in [-0.2, -0.15) is 0 Å². The van der Waals surface area contributed by atoms with Gasteiger partial charge < -0.3 is 20.4 Å². The van der Waals surface area contributed by atoms with Crippen molar-refractivity contribution >= 4 is 39.4 Å². The number of carboxylic acids is 1. The molecule has 1 saturated heterocycles. The van der Waals surface area contributed by atoms with E-state index in [-0.39, 0.29) is 5.91 Å². The van der Waals surface area contributed by atoms with Crippen LogP contribution >= 0.6 is 15.9 Å². The fourth-order valence-corrected chi connectivity index (χ4v) is 2.79. The highest BCUT2D eigenvalue weighted by Gasteiger charge is 2.39. The van der Waals surface area contributed by atoms with E-state index in [4.69, 9.17) is 5.11 Å². The topological polar surface area (TPSA) is 107 Å². The number of amides is 2. The van der Waals surface area contributed by atoms with Crippen LogP contribution < -0.4 is 10.2 Å². The third-order valence-electron chi connectivity index (χ3n) is 3.73. The molecule has 0 radical (unpaired) electrons. The molecule has 1 aromatic carbocycles. The summed E-state index contributed by atoms with van der Waals surface area (Å²) in [7, 11) is 0. The van der Waals surface area contributed by atoms with Crippen LogP contribution in [-0.4, -0.2) is 46.7 Å². The van der Waals surface area contributed by atoms with Crippen LogP contribution in [0.3, 0.4) is 0 Å². The second-order valence-corrected chi connectivity index (χ2v) is 6.43. The molecule has 0 aromatic heterocycles. The number of aliphatic hydroxyl groups is 1. The van der Waals surface area contributed by atoms with Gasteiger partial charge in [0.2, 0.25) is 11.8 Å². The number of carbonyl (C=O) groups is 3. The molecule has 1 aliphatic rings. The molecule has 0 aliphatic carbocycles. The van der Waals surface area contributed by atoms with E-state index < -0.39 is 29.9 Å². The maximum absolute atomic E-state index is 12.4. The Labute approximate surface area is 141 Å². The molecule has 7 nitrogen and oxygen atoms in total. The lowest BCUT2D eigenvalue weighted by molar-refractivity contribution is -0.156. The molecule has 1 aliphatic heterocycles. The van der Waals surface area contributed by atoms with Crippen molar-refractivity contribution in [3.63, 3.8) is 0 Å².